The highest BCUT2D eigenvalue weighted by Crippen LogP contribution is 2.60. The van der Waals surface area contributed by atoms with Crippen LogP contribution >= 0.6 is 6.89 Å². The van der Waals surface area contributed by atoms with Crippen molar-refractivity contribution in [2.75, 3.05) is 0 Å². The largest absolute Gasteiger partial charge is 0.294 e. The molecule has 0 unspecified atom stereocenters. The van der Waals surface area contributed by atoms with E-state index in [2.05, 4.69) is 127 Å². The van der Waals surface area contributed by atoms with Gasteiger partial charge in [-0.3, -0.25) is 4.79 Å². The van der Waals surface area contributed by atoms with Gasteiger partial charge < -0.3 is 0 Å². The van der Waals surface area contributed by atoms with E-state index in [1.54, 1.807) is 0 Å². The van der Waals surface area contributed by atoms with Crippen LogP contribution in [0.15, 0.2) is 121 Å². The van der Waals surface area contributed by atoms with Gasteiger partial charge >= 0.3 is 0 Å². The molecule has 0 atom stereocenters. The van der Waals surface area contributed by atoms with Gasteiger partial charge in [-0.05, 0) is 102 Å². The molecule has 0 radical (unpaired) electrons. The van der Waals surface area contributed by atoms with E-state index in [1.165, 1.54) is 40.7 Å². The third-order valence-electron chi connectivity index (χ3n) is 9.76. The van der Waals surface area contributed by atoms with Crippen LogP contribution in [0, 0.1) is 23.2 Å². The first-order valence-electron chi connectivity index (χ1n) is 14.9. The van der Waals surface area contributed by atoms with E-state index >= 15 is 0 Å². The molecule has 4 aliphatic rings. The van der Waals surface area contributed by atoms with Gasteiger partial charge in [-0.15, -0.1) is 0 Å². The molecule has 0 spiro atoms. The zero-order valence-corrected chi connectivity index (χ0v) is 23.9. The quantitative estimate of drug-likeness (QED) is 0.174. The lowest BCUT2D eigenvalue weighted by atomic mass is 9.48. The summed E-state index contributed by atoms with van der Waals surface area (Å²) in [6.45, 7) is -2.05. The fourth-order valence-corrected chi connectivity index (χ4v) is 12.2. The predicted octanol–water partition coefficient (Wildman–Crippen LogP) is 7.63. The van der Waals surface area contributed by atoms with Crippen LogP contribution in [0.4, 0.5) is 0 Å². The van der Waals surface area contributed by atoms with Gasteiger partial charge in [0, 0.05) is 5.41 Å². The molecule has 0 heterocycles. The molecule has 4 fully saturated rings. The van der Waals surface area contributed by atoms with E-state index < -0.39 is 6.89 Å². The smallest absolute Gasteiger partial charge is 0.161 e. The molecule has 2 heteroatoms. The van der Waals surface area contributed by atoms with Crippen molar-refractivity contribution < 1.29 is 4.79 Å². The Labute approximate surface area is 239 Å². The molecule has 4 aromatic carbocycles. The Morgan fingerprint density at radius 1 is 0.575 bits per heavy atom. The van der Waals surface area contributed by atoms with Gasteiger partial charge in [0.2, 0.25) is 0 Å². The summed E-state index contributed by atoms with van der Waals surface area (Å²) in [7, 11) is 0. The van der Waals surface area contributed by atoms with Crippen molar-refractivity contribution in [1.29, 1.82) is 0 Å². The van der Waals surface area contributed by atoms with Crippen molar-refractivity contribution in [1.82, 2.24) is 0 Å². The van der Waals surface area contributed by atoms with E-state index in [4.69, 9.17) is 0 Å². The molecule has 4 saturated carbocycles. The van der Waals surface area contributed by atoms with Gasteiger partial charge in [0.15, 0.2) is 5.78 Å². The minimum absolute atomic E-state index is 0.0654. The molecule has 0 aliphatic heterocycles. The van der Waals surface area contributed by atoms with E-state index in [9.17, 15) is 4.79 Å². The monoisotopic (exact) mass is 540 g/mol. The normalized spacial score (nSPS) is 25.2. The molecule has 40 heavy (non-hydrogen) atoms. The second-order valence-electron chi connectivity index (χ2n) is 12.4. The maximum absolute atomic E-state index is 13.5. The number of allylic oxidation sites excluding steroid dienone is 1. The van der Waals surface area contributed by atoms with Crippen LogP contribution in [0.25, 0.3) is 6.08 Å². The van der Waals surface area contributed by atoms with Crippen LogP contribution in [0.3, 0.4) is 0 Å². The number of benzene rings is 4. The van der Waals surface area contributed by atoms with Crippen molar-refractivity contribution in [3.05, 3.63) is 132 Å². The van der Waals surface area contributed by atoms with Crippen LogP contribution in [0.1, 0.15) is 49.7 Å². The molecule has 4 aliphatic carbocycles. The van der Waals surface area contributed by atoms with E-state index in [0.29, 0.717) is 5.78 Å². The van der Waals surface area contributed by atoms with Crippen molar-refractivity contribution >= 4 is 40.5 Å². The minimum atomic E-state index is -2.05. The van der Waals surface area contributed by atoms with Crippen molar-refractivity contribution in [2.45, 2.75) is 38.5 Å². The van der Waals surface area contributed by atoms with Crippen LogP contribution in [-0.2, 0) is 4.79 Å². The SMILES string of the molecule is O=C(C=Cc1ccc(C=P(c2ccccc2)(c2ccccc2)c2ccccc2)cc1)C12CC3CC(CC(C3)C1)C2. The summed E-state index contributed by atoms with van der Waals surface area (Å²) in [5.41, 5.74) is 2.23. The second kappa shape index (κ2) is 10.5. The summed E-state index contributed by atoms with van der Waals surface area (Å²) in [4.78, 5) is 13.5. The van der Waals surface area contributed by atoms with E-state index in [1.807, 2.05) is 6.08 Å². The van der Waals surface area contributed by atoms with Gasteiger partial charge in [0.25, 0.3) is 0 Å². The Balaban J connectivity index is 1.24. The van der Waals surface area contributed by atoms with Crippen LogP contribution in [-0.4, -0.2) is 11.6 Å². The van der Waals surface area contributed by atoms with Crippen molar-refractivity contribution in [2.24, 2.45) is 23.2 Å². The number of ketones is 1. The number of carbonyl (C=O) groups excluding carboxylic acids is 1. The minimum Gasteiger partial charge on any atom is -0.294 e. The second-order valence-corrected chi connectivity index (χ2v) is 15.7. The van der Waals surface area contributed by atoms with E-state index in [0.717, 1.165) is 42.6 Å². The van der Waals surface area contributed by atoms with Gasteiger partial charge in [-0.25, -0.2) is 0 Å². The van der Waals surface area contributed by atoms with Crippen LogP contribution in [0.5, 0.6) is 0 Å². The number of carbonyl (C=O) groups is 1. The van der Waals surface area contributed by atoms with Gasteiger partial charge in [-0.2, -0.15) is 0 Å². The fraction of sp³-hybridized carbons (Fsp3) is 0.263. The summed E-state index contributed by atoms with van der Waals surface area (Å²) in [5.74, 6) is 5.26. The molecule has 0 aromatic heterocycles. The standard InChI is InChI=1S/C38H37OP/c39-37(38-25-31-22-32(26-38)24-33(23-31)27-38)21-20-29-16-18-30(19-17-29)28-40(34-10-4-1-5-11-34,35-12-6-2-7-13-35)36-14-8-3-9-15-36/h1-21,28,31-33H,22-27H2. The average molecular weight is 541 g/mol. The van der Waals surface area contributed by atoms with Crippen molar-refractivity contribution in [3.8, 4) is 0 Å². The Morgan fingerprint density at radius 3 is 1.40 bits per heavy atom. The average Bonchev–Trinajstić information content (AvgIpc) is 3.00. The maximum atomic E-state index is 13.5. The van der Waals surface area contributed by atoms with Crippen molar-refractivity contribution in [3.63, 3.8) is 0 Å². The lowest BCUT2D eigenvalue weighted by molar-refractivity contribution is -0.138. The summed E-state index contributed by atoms with van der Waals surface area (Å²) >= 11 is 0. The molecule has 4 aromatic rings. The molecule has 0 amide bonds. The lowest BCUT2D eigenvalue weighted by Gasteiger charge is -2.55. The molecule has 0 saturated heterocycles. The Hall–Kier alpha value is -3.41. The third-order valence-corrected chi connectivity index (χ3v) is 13.8. The molecular formula is C38H37OP. The molecule has 0 N–H and O–H groups in total. The molecule has 4 bridgehead atoms. The number of hydrogen-bond acceptors (Lipinski definition) is 1. The van der Waals surface area contributed by atoms with Gasteiger partial charge in [-0.1, -0.05) is 121 Å². The zero-order chi connectivity index (χ0) is 27.0. The fourth-order valence-electron chi connectivity index (χ4n) is 8.34. The Kier molecular flexibility index (Phi) is 6.73. The first kappa shape index (κ1) is 25.6. The third kappa shape index (κ3) is 4.65. The summed E-state index contributed by atoms with van der Waals surface area (Å²) < 4.78 is 0. The first-order valence-corrected chi connectivity index (χ1v) is 16.7. The van der Waals surface area contributed by atoms with Gasteiger partial charge in [0.1, 0.15) is 0 Å². The predicted molar refractivity (Wildman–Crippen MR) is 171 cm³/mol. The molecule has 8 rings (SSSR count). The number of hydrogen-bond donors (Lipinski definition) is 0. The lowest BCUT2D eigenvalue weighted by Crippen LogP contribution is -2.49. The Morgan fingerprint density at radius 2 is 0.975 bits per heavy atom. The van der Waals surface area contributed by atoms with Crippen LogP contribution < -0.4 is 15.9 Å². The highest BCUT2D eigenvalue weighted by atomic mass is 31.2. The molecular weight excluding hydrogens is 503 g/mol. The van der Waals surface area contributed by atoms with E-state index in [-0.39, 0.29) is 5.41 Å². The number of rotatable bonds is 7. The zero-order valence-electron chi connectivity index (χ0n) is 23.0. The van der Waals surface area contributed by atoms with Crippen LogP contribution in [0.2, 0.25) is 0 Å². The highest BCUT2D eigenvalue weighted by Gasteiger charge is 2.53. The summed E-state index contributed by atoms with van der Waals surface area (Å²) in [6.07, 6.45) is 11.4. The summed E-state index contributed by atoms with van der Waals surface area (Å²) in [5, 5.41) is 4.03. The first-order chi connectivity index (χ1) is 19.6. The van der Waals surface area contributed by atoms with Gasteiger partial charge in [0.05, 0.1) is 0 Å². The topological polar surface area (TPSA) is 17.1 Å². The molecule has 1 nitrogen and oxygen atoms in total. The highest BCUT2D eigenvalue weighted by molar-refractivity contribution is 7.94. The maximum Gasteiger partial charge on any atom is 0.161 e. The molecule has 200 valence electrons. The Bertz CT molecular complexity index is 1430. The summed E-state index contributed by atoms with van der Waals surface area (Å²) in [6, 6.07) is 41.6.